The van der Waals surface area contributed by atoms with E-state index in [0.717, 1.165) is 12.0 Å². The Bertz CT molecular complexity index is 236. The molecular weight excluding hydrogens is 166 g/mol. The number of rotatable bonds is 6. The fourth-order valence-corrected chi connectivity index (χ4v) is 0.919. The molecule has 3 heteroatoms. The molecule has 0 aliphatic rings. The van der Waals surface area contributed by atoms with E-state index < -0.39 is 0 Å². The van der Waals surface area contributed by atoms with Crippen LogP contribution in [0.2, 0.25) is 0 Å². The summed E-state index contributed by atoms with van der Waals surface area (Å²) in [6, 6.07) is 9.60. The molecule has 70 valence electrons. The Morgan fingerprint density at radius 2 is 2.08 bits per heavy atom. The van der Waals surface area contributed by atoms with E-state index in [1.165, 1.54) is 0 Å². The monoisotopic (exact) mass is 179 g/mol. The van der Waals surface area contributed by atoms with Gasteiger partial charge in [0.2, 0.25) is 0 Å². The van der Waals surface area contributed by atoms with Gasteiger partial charge >= 0.3 is 0 Å². The third kappa shape index (κ3) is 4.28. The molecule has 0 unspecified atom stereocenters. The first-order valence-corrected chi connectivity index (χ1v) is 4.25. The van der Waals surface area contributed by atoms with Crippen molar-refractivity contribution in [3.63, 3.8) is 0 Å². The first-order valence-electron chi connectivity index (χ1n) is 4.25. The molecule has 0 saturated heterocycles. The van der Waals surface area contributed by atoms with Crippen molar-refractivity contribution in [1.82, 2.24) is 5.32 Å². The molecule has 1 N–H and O–H groups in total. The lowest BCUT2D eigenvalue weighted by molar-refractivity contribution is -0.107. The van der Waals surface area contributed by atoms with Crippen LogP contribution >= 0.6 is 0 Å². The number of para-hydroxylation sites is 1. The van der Waals surface area contributed by atoms with Gasteiger partial charge in [0.25, 0.3) is 0 Å². The summed E-state index contributed by atoms with van der Waals surface area (Å²) in [5, 5.41) is 2.91. The van der Waals surface area contributed by atoms with Gasteiger partial charge in [-0.3, -0.25) is 0 Å². The molecule has 0 atom stereocenters. The maximum atomic E-state index is 9.93. The minimum absolute atomic E-state index is 0.387. The van der Waals surface area contributed by atoms with Gasteiger partial charge in [0, 0.05) is 6.54 Å². The molecule has 0 aliphatic carbocycles. The van der Waals surface area contributed by atoms with Gasteiger partial charge in [-0.05, 0) is 12.1 Å². The van der Waals surface area contributed by atoms with Crippen LogP contribution in [0.15, 0.2) is 30.3 Å². The van der Waals surface area contributed by atoms with Crippen LogP contribution in [0.5, 0.6) is 5.75 Å². The van der Waals surface area contributed by atoms with Gasteiger partial charge in [0.15, 0.2) is 0 Å². The van der Waals surface area contributed by atoms with E-state index in [9.17, 15) is 4.79 Å². The van der Waals surface area contributed by atoms with E-state index in [4.69, 9.17) is 4.74 Å². The Morgan fingerprint density at radius 1 is 1.31 bits per heavy atom. The SMILES string of the molecule is O=CCNCCOc1ccccc1. The van der Waals surface area contributed by atoms with Crippen LogP contribution in [0.4, 0.5) is 0 Å². The Kier molecular flexibility index (Phi) is 4.64. The van der Waals surface area contributed by atoms with Gasteiger partial charge in [-0.15, -0.1) is 0 Å². The molecule has 13 heavy (non-hydrogen) atoms. The summed E-state index contributed by atoms with van der Waals surface area (Å²) in [4.78, 5) is 9.93. The molecule has 0 heterocycles. The van der Waals surface area contributed by atoms with Crippen LogP contribution in [0.3, 0.4) is 0 Å². The summed E-state index contributed by atoms with van der Waals surface area (Å²) in [6.45, 7) is 1.66. The number of nitrogens with one attached hydrogen (secondary N) is 1. The second kappa shape index (κ2) is 6.20. The van der Waals surface area contributed by atoms with Crippen molar-refractivity contribution in [2.24, 2.45) is 0 Å². The summed E-state index contributed by atoms with van der Waals surface area (Å²) >= 11 is 0. The quantitative estimate of drug-likeness (QED) is 0.520. The lowest BCUT2D eigenvalue weighted by Crippen LogP contribution is -2.22. The number of carbonyl (C=O) groups is 1. The highest BCUT2D eigenvalue weighted by Gasteiger charge is 1.89. The maximum Gasteiger partial charge on any atom is 0.133 e. The summed E-state index contributed by atoms with van der Waals surface area (Å²) in [7, 11) is 0. The molecule has 0 aromatic heterocycles. The lowest BCUT2D eigenvalue weighted by Gasteiger charge is -2.04. The Hall–Kier alpha value is -1.35. The predicted octanol–water partition coefficient (Wildman–Crippen LogP) is 0.854. The van der Waals surface area contributed by atoms with Crippen LogP contribution in [0.1, 0.15) is 0 Å². The van der Waals surface area contributed by atoms with E-state index >= 15 is 0 Å². The van der Waals surface area contributed by atoms with Crippen molar-refractivity contribution in [1.29, 1.82) is 0 Å². The van der Waals surface area contributed by atoms with E-state index in [-0.39, 0.29) is 0 Å². The zero-order valence-corrected chi connectivity index (χ0v) is 7.40. The van der Waals surface area contributed by atoms with Crippen LogP contribution in [0.25, 0.3) is 0 Å². The normalized spacial score (nSPS) is 9.54. The highest BCUT2D eigenvalue weighted by atomic mass is 16.5. The van der Waals surface area contributed by atoms with Crippen molar-refractivity contribution in [3.8, 4) is 5.75 Å². The molecule has 0 fully saturated rings. The number of benzene rings is 1. The third-order valence-corrected chi connectivity index (χ3v) is 1.52. The first kappa shape index (κ1) is 9.74. The van der Waals surface area contributed by atoms with Crippen molar-refractivity contribution < 1.29 is 9.53 Å². The van der Waals surface area contributed by atoms with E-state index in [0.29, 0.717) is 19.7 Å². The zero-order chi connectivity index (χ0) is 9.36. The number of carbonyl (C=O) groups excluding carboxylic acids is 1. The van der Waals surface area contributed by atoms with Crippen LogP contribution in [-0.4, -0.2) is 26.0 Å². The molecule has 0 radical (unpaired) electrons. The van der Waals surface area contributed by atoms with Gasteiger partial charge in [0.1, 0.15) is 18.6 Å². The van der Waals surface area contributed by atoms with Crippen LogP contribution < -0.4 is 10.1 Å². The van der Waals surface area contributed by atoms with E-state index in [1.54, 1.807) is 0 Å². The molecule has 3 nitrogen and oxygen atoms in total. The molecule has 0 bridgehead atoms. The molecule has 0 amide bonds. The second-order valence-electron chi connectivity index (χ2n) is 2.53. The standard InChI is InChI=1S/C10H13NO2/c12-8-6-11-7-9-13-10-4-2-1-3-5-10/h1-5,8,11H,6-7,9H2. The van der Waals surface area contributed by atoms with Crippen molar-refractivity contribution in [2.75, 3.05) is 19.7 Å². The van der Waals surface area contributed by atoms with E-state index in [2.05, 4.69) is 5.32 Å². The second-order valence-corrected chi connectivity index (χ2v) is 2.53. The van der Waals surface area contributed by atoms with Gasteiger partial charge in [-0.25, -0.2) is 0 Å². The minimum atomic E-state index is 0.387. The minimum Gasteiger partial charge on any atom is -0.492 e. The number of hydrogen-bond acceptors (Lipinski definition) is 3. The Morgan fingerprint density at radius 3 is 2.77 bits per heavy atom. The summed E-state index contributed by atoms with van der Waals surface area (Å²) in [6.07, 6.45) is 0.836. The van der Waals surface area contributed by atoms with Gasteiger partial charge < -0.3 is 14.8 Å². The topological polar surface area (TPSA) is 38.3 Å². The van der Waals surface area contributed by atoms with E-state index in [1.807, 2.05) is 30.3 Å². The molecule has 0 aliphatic heterocycles. The van der Waals surface area contributed by atoms with Crippen LogP contribution in [-0.2, 0) is 4.79 Å². The van der Waals surface area contributed by atoms with Crippen molar-refractivity contribution in [2.45, 2.75) is 0 Å². The highest BCUT2D eigenvalue weighted by molar-refractivity contribution is 5.51. The Balaban J connectivity index is 2.10. The van der Waals surface area contributed by atoms with Crippen LogP contribution in [0, 0.1) is 0 Å². The lowest BCUT2D eigenvalue weighted by atomic mass is 10.3. The largest absolute Gasteiger partial charge is 0.492 e. The first-order chi connectivity index (χ1) is 6.43. The van der Waals surface area contributed by atoms with Gasteiger partial charge in [0.05, 0.1) is 6.54 Å². The molecule has 0 saturated carbocycles. The fraction of sp³-hybridized carbons (Fsp3) is 0.300. The number of hydrogen-bond donors (Lipinski definition) is 1. The number of aldehydes is 1. The smallest absolute Gasteiger partial charge is 0.133 e. The molecule has 1 aromatic carbocycles. The maximum absolute atomic E-state index is 9.93. The van der Waals surface area contributed by atoms with Gasteiger partial charge in [-0.2, -0.15) is 0 Å². The molecule has 1 rings (SSSR count). The number of ether oxygens (including phenoxy) is 1. The van der Waals surface area contributed by atoms with Crippen molar-refractivity contribution in [3.05, 3.63) is 30.3 Å². The summed E-state index contributed by atoms with van der Waals surface area (Å²) in [5.74, 6) is 0.857. The zero-order valence-electron chi connectivity index (χ0n) is 7.40. The molecule has 0 spiro atoms. The third-order valence-electron chi connectivity index (χ3n) is 1.52. The molecule has 1 aromatic rings. The fourth-order valence-electron chi connectivity index (χ4n) is 0.919. The predicted molar refractivity (Wildman–Crippen MR) is 50.9 cm³/mol. The Labute approximate surface area is 77.7 Å². The van der Waals surface area contributed by atoms with Crippen molar-refractivity contribution >= 4 is 6.29 Å². The average Bonchev–Trinajstić information content (AvgIpc) is 2.19. The average molecular weight is 179 g/mol. The molecular formula is C10H13NO2. The summed E-state index contributed by atoms with van der Waals surface area (Å²) in [5.41, 5.74) is 0. The highest BCUT2D eigenvalue weighted by Crippen LogP contribution is 2.07. The summed E-state index contributed by atoms with van der Waals surface area (Å²) < 4.78 is 5.37. The van der Waals surface area contributed by atoms with Gasteiger partial charge in [-0.1, -0.05) is 18.2 Å².